The maximum atomic E-state index is 10.4. The minimum Gasteiger partial charge on any atom is -0.258 e. The van der Waals surface area contributed by atoms with E-state index in [1.807, 2.05) is 0 Å². The molecule has 0 spiro atoms. The Kier molecular flexibility index (Phi) is 3.10. The lowest BCUT2D eigenvalue weighted by Gasteiger charge is -2.15. The van der Waals surface area contributed by atoms with Gasteiger partial charge in [-0.05, 0) is 6.07 Å². The Morgan fingerprint density at radius 3 is 2.43 bits per heavy atom. The predicted octanol–water partition coefficient (Wildman–Crippen LogP) is 2.88. The Morgan fingerprint density at radius 2 is 2.07 bits per heavy atom. The molecule has 0 aliphatic heterocycles. The van der Waals surface area contributed by atoms with E-state index in [1.54, 1.807) is 17.8 Å². The van der Waals surface area contributed by atoms with Crippen LogP contribution in [0, 0.1) is 10.1 Å². The number of hydrogen-bond donors (Lipinski definition) is 0. The maximum Gasteiger partial charge on any atom is 0.287 e. The largest absolute Gasteiger partial charge is 0.287 e. The highest BCUT2D eigenvalue weighted by atomic mass is 32.2. The van der Waals surface area contributed by atoms with E-state index in [-0.39, 0.29) is 10.4 Å². The molecule has 1 rings (SSSR count). The van der Waals surface area contributed by atoms with Gasteiger partial charge < -0.3 is 0 Å². The van der Waals surface area contributed by atoms with Crippen LogP contribution in [0.4, 0.5) is 5.69 Å². The lowest BCUT2D eigenvalue weighted by atomic mass is 10.3. The number of rotatable bonds is 2. The van der Waals surface area contributed by atoms with Crippen LogP contribution in [-0.2, 0) is 0 Å². The topological polar surface area (TPSA) is 56.0 Å². The summed E-state index contributed by atoms with van der Waals surface area (Å²) in [5.74, 6) is 0. The first kappa shape index (κ1) is 11.0. The van der Waals surface area contributed by atoms with Gasteiger partial charge >= 0.3 is 0 Å². The van der Waals surface area contributed by atoms with Gasteiger partial charge in [0.25, 0.3) is 5.69 Å². The first-order valence-corrected chi connectivity index (χ1v) is 4.99. The highest BCUT2D eigenvalue weighted by Crippen LogP contribution is 2.30. The van der Waals surface area contributed by atoms with E-state index in [0.29, 0.717) is 0 Å². The average Bonchev–Trinajstić information content (AvgIpc) is 2.02. The van der Waals surface area contributed by atoms with Gasteiger partial charge in [-0.2, -0.15) is 0 Å². The molecule has 0 aromatic carbocycles. The molecule has 1 heterocycles. The SMILES string of the molecule is CC(C)(C)Sc1ccc([N+](=O)[O-])cn1. The van der Waals surface area contributed by atoms with Crippen molar-refractivity contribution in [2.24, 2.45) is 0 Å². The smallest absolute Gasteiger partial charge is 0.258 e. The van der Waals surface area contributed by atoms with E-state index in [1.165, 1.54) is 12.3 Å². The van der Waals surface area contributed by atoms with Gasteiger partial charge in [0, 0.05) is 10.8 Å². The van der Waals surface area contributed by atoms with Crippen molar-refractivity contribution >= 4 is 17.4 Å². The number of hydrogen-bond acceptors (Lipinski definition) is 4. The molecule has 1 aromatic rings. The predicted molar refractivity (Wildman–Crippen MR) is 56.5 cm³/mol. The molecule has 0 aliphatic carbocycles. The van der Waals surface area contributed by atoms with Crippen molar-refractivity contribution in [2.45, 2.75) is 30.5 Å². The molecule has 0 amide bonds. The van der Waals surface area contributed by atoms with E-state index in [2.05, 4.69) is 25.8 Å². The van der Waals surface area contributed by atoms with Gasteiger partial charge in [0.1, 0.15) is 6.20 Å². The molecule has 1 aromatic heterocycles. The molecule has 14 heavy (non-hydrogen) atoms. The van der Waals surface area contributed by atoms with Crippen molar-refractivity contribution in [3.63, 3.8) is 0 Å². The van der Waals surface area contributed by atoms with Crippen LogP contribution in [0.15, 0.2) is 23.4 Å². The molecular weight excluding hydrogens is 200 g/mol. The lowest BCUT2D eigenvalue weighted by Crippen LogP contribution is -2.07. The molecule has 0 N–H and O–H groups in total. The number of thioether (sulfide) groups is 1. The van der Waals surface area contributed by atoms with E-state index in [0.717, 1.165) is 5.03 Å². The van der Waals surface area contributed by atoms with Crippen LogP contribution >= 0.6 is 11.8 Å². The minimum absolute atomic E-state index is 0.0308. The molecule has 0 aliphatic rings. The third-order valence-electron chi connectivity index (χ3n) is 1.34. The van der Waals surface area contributed by atoms with E-state index in [9.17, 15) is 10.1 Å². The lowest BCUT2D eigenvalue weighted by molar-refractivity contribution is -0.385. The Labute approximate surface area is 86.9 Å². The molecular formula is C9H12N2O2S. The summed E-state index contributed by atoms with van der Waals surface area (Å²) in [5, 5.41) is 11.2. The normalized spacial score (nSPS) is 11.4. The van der Waals surface area contributed by atoms with Gasteiger partial charge in [0.15, 0.2) is 0 Å². The molecule has 4 nitrogen and oxygen atoms in total. The van der Waals surface area contributed by atoms with Crippen molar-refractivity contribution < 1.29 is 4.92 Å². The average molecular weight is 212 g/mol. The highest BCUT2D eigenvalue weighted by molar-refractivity contribution is 8.00. The highest BCUT2D eigenvalue weighted by Gasteiger charge is 2.14. The van der Waals surface area contributed by atoms with Crippen LogP contribution in [0.5, 0.6) is 0 Å². The van der Waals surface area contributed by atoms with Crippen molar-refractivity contribution in [3.8, 4) is 0 Å². The molecule has 0 unspecified atom stereocenters. The van der Waals surface area contributed by atoms with Gasteiger partial charge in [-0.1, -0.05) is 20.8 Å². The fourth-order valence-electron chi connectivity index (χ4n) is 0.855. The number of nitro groups is 1. The summed E-state index contributed by atoms with van der Waals surface area (Å²) in [6.07, 6.45) is 1.29. The third-order valence-corrected chi connectivity index (χ3v) is 2.41. The van der Waals surface area contributed by atoms with Crippen LogP contribution in [-0.4, -0.2) is 14.7 Å². The molecule has 0 saturated heterocycles. The molecule has 76 valence electrons. The van der Waals surface area contributed by atoms with Crippen molar-refractivity contribution in [1.82, 2.24) is 4.98 Å². The van der Waals surface area contributed by atoms with Crippen molar-refractivity contribution in [2.75, 3.05) is 0 Å². The Bertz CT molecular complexity index is 330. The molecule has 0 saturated carbocycles. The molecule has 0 radical (unpaired) electrons. The van der Waals surface area contributed by atoms with Crippen LogP contribution < -0.4 is 0 Å². The minimum atomic E-state index is -0.446. The number of nitrogens with zero attached hydrogens (tertiary/aromatic N) is 2. The van der Waals surface area contributed by atoms with Gasteiger partial charge in [-0.15, -0.1) is 11.8 Å². The second-order valence-electron chi connectivity index (χ2n) is 3.83. The zero-order valence-corrected chi connectivity index (χ0v) is 9.17. The van der Waals surface area contributed by atoms with Crippen molar-refractivity contribution in [1.29, 1.82) is 0 Å². The van der Waals surface area contributed by atoms with E-state index in [4.69, 9.17) is 0 Å². The second-order valence-corrected chi connectivity index (χ2v) is 5.67. The summed E-state index contributed by atoms with van der Waals surface area (Å²) in [6.45, 7) is 6.21. The standard InChI is InChI=1S/C9H12N2O2S/c1-9(2,3)14-8-5-4-7(6-10-8)11(12)13/h4-6H,1-3H3. The van der Waals surface area contributed by atoms with Crippen LogP contribution in [0.3, 0.4) is 0 Å². The molecule has 0 atom stereocenters. The monoisotopic (exact) mass is 212 g/mol. The maximum absolute atomic E-state index is 10.4. The summed E-state index contributed by atoms with van der Waals surface area (Å²) < 4.78 is 0.0726. The summed E-state index contributed by atoms with van der Waals surface area (Å²) in [7, 11) is 0. The fourth-order valence-corrected chi connectivity index (χ4v) is 1.72. The first-order chi connectivity index (χ1) is 6.38. The number of aromatic nitrogens is 1. The summed E-state index contributed by atoms with van der Waals surface area (Å²) in [6, 6.07) is 3.15. The van der Waals surface area contributed by atoms with Gasteiger partial charge in [0.05, 0.1) is 9.95 Å². The fraction of sp³-hybridized carbons (Fsp3) is 0.444. The first-order valence-electron chi connectivity index (χ1n) is 4.18. The Hall–Kier alpha value is -1.10. The summed E-state index contributed by atoms with van der Waals surface area (Å²) in [5.41, 5.74) is 0.0308. The van der Waals surface area contributed by atoms with E-state index < -0.39 is 4.92 Å². The Balaban J connectivity index is 2.79. The summed E-state index contributed by atoms with van der Waals surface area (Å²) >= 11 is 1.59. The van der Waals surface area contributed by atoms with E-state index >= 15 is 0 Å². The van der Waals surface area contributed by atoms with Crippen molar-refractivity contribution in [3.05, 3.63) is 28.4 Å². The molecule has 0 fully saturated rings. The van der Waals surface area contributed by atoms with Crippen LogP contribution in [0.25, 0.3) is 0 Å². The van der Waals surface area contributed by atoms with Crippen LogP contribution in [0.2, 0.25) is 0 Å². The molecule has 5 heteroatoms. The second kappa shape index (κ2) is 3.96. The zero-order valence-electron chi connectivity index (χ0n) is 8.35. The quantitative estimate of drug-likeness (QED) is 0.429. The number of pyridine rings is 1. The molecule has 0 bridgehead atoms. The van der Waals surface area contributed by atoms with Gasteiger partial charge in [0.2, 0.25) is 0 Å². The third kappa shape index (κ3) is 3.33. The Morgan fingerprint density at radius 1 is 1.43 bits per heavy atom. The van der Waals surface area contributed by atoms with Crippen LogP contribution in [0.1, 0.15) is 20.8 Å². The van der Waals surface area contributed by atoms with Gasteiger partial charge in [-0.25, -0.2) is 4.98 Å². The van der Waals surface area contributed by atoms with Gasteiger partial charge in [-0.3, -0.25) is 10.1 Å². The summed E-state index contributed by atoms with van der Waals surface area (Å²) in [4.78, 5) is 13.9. The zero-order chi connectivity index (χ0) is 10.8.